The van der Waals surface area contributed by atoms with Crippen molar-refractivity contribution in [1.29, 1.82) is 0 Å². The Morgan fingerprint density at radius 1 is 1.57 bits per heavy atom. The van der Waals surface area contributed by atoms with Crippen molar-refractivity contribution in [2.45, 2.75) is 0 Å². The molecule has 0 radical (unpaired) electrons. The molecule has 0 aliphatic carbocycles. The maximum absolute atomic E-state index is 13.1. The predicted molar refractivity (Wildman–Crippen MR) is 51.2 cm³/mol. The minimum absolute atomic E-state index is 0.0122. The molecule has 0 atom stereocenters. The van der Waals surface area contributed by atoms with Crippen molar-refractivity contribution < 1.29 is 14.1 Å². The Labute approximate surface area is 87.0 Å². The SMILES string of the molecule is O=C(CBr)c1ccc([N+](=O)[O-])cc1F. The Hall–Kier alpha value is -1.30. The fourth-order valence-corrected chi connectivity index (χ4v) is 1.22. The van der Waals surface area contributed by atoms with Gasteiger partial charge in [0.15, 0.2) is 5.78 Å². The number of Topliss-reactive ketones (excluding diaryl/α,β-unsaturated/α-hetero) is 1. The van der Waals surface area contributed by atoms with Crippen LogP contribution in [0.3, 0.4) is 0 Å². The van der Waals surface area contributed by atoms with E-state index in [1.165, 1.54) is 0 Å². The Kier molecular flexibility index (Phi) is 3.29. The molecule has 0 saturated heterocycles. The smallest absolute Gasteiger partial charge is 0.272 e. The second kappa shape index (κ2) is 4.28. The van der Waals surface area contributed by atoms with E-state index < -0.39 is 16.5 Å². The molecular weight excluding hydrogens is 257 g/mol. The van der Waals surface area contributed by atoms with Crippen molar-refractivity contribution in [3.63, 3.8) is 0 Å². The number of alkyl halides is 1. The average molecular weight is 262 g/mol. The first kappa shape index (κ1) is 10.8. The van der Waals surface area contributed by atoms with Gasteiger partial charge in [-0.2, -0.15) is 0 Å². The molecule has 0 unspecified atom stereocenters. The molecule has 0 amide bonds. The van der Waals surface area contributed by atoms with Gasteiger partial charge in [0.2, 0.25) is 0 Å². The summed E-state index contributed by atoms with van der Waals surface area (Å²) in [5, 5.41) is 10.2. The number of nitrogens with zero attached hydrogens (tertiary/aromatic N) is 1. The standard InChI is InChI=1S/C8H5BrFNO3/c9-4-8(12)6-2-1-5(11(13)14)3-7(6)10/h1-3H,4H2. The highest BCUT2D eigenvalue weighted by atomic mass is 79.9. The maximum Gasteiger partial charge on any atom is 0.272 e. The fourth-order valence-electron chi connectivity index (χ4n) is 0.916. The molecule has 1 aromatic rings. The molecule has 0 aliphatic rings. The number of carbonyl (C=O) groups is 1. The number of rotatable bonds is 3. The third kappa shape index (κ3) is 2.14. The van der Waals surface area contributed by atoms with Gasteiger partial charge in [0, 0.05) is 6.07 Å². The third-order valence-electron chi connectivity index (χ3n) is 1.59. The minimum Gasteiger partial charge on any atom is -0.293 e. The molecule has 0 saturated carbocycles. The number of carbonyl (C=O) groups excluding carboxylic acids is 1. The molecule has 1 aromatic carbocycles. The van der Waals surface area contributed by atoms with E-state index in [1.807, 2.05) is 0 Å². The highest BCUT2D eigenvalue weighted by molar-refractivity contribution is 9.09. The zero-order valence-electron chi connectivity index (χ0n) is 6.87. The zero-order valence-corrected chi connectivity index (χ0v) is 8.45. The van der Waals surface area contributed by atoms with Gasteiger partial charge in [-0.1, -0.05) is 15.9 Å². The first-order chi connectivity index (χ1) is 6.56. The largest absolute Gasteiger partial charge is 0.293 e. The van der Waals surface area contributed by atoms with Crippen LogP contribution in [0.1, 0.15) is 10.4 Å². The van der Waals surface area contributed by atoms with Gasteiger partial charge in [-0.15, -0.1) is 0 Å². The van der Waals surface area contributed by atoms with Gasteiger partial charge >= 0.3 is 0 Å². The number of non-ortho nitro benzene ring substituents is 1. The first-order valence-electron chi connectivity index (χ1n) is 3.59. The lowest BCUT2D eigenvalue weighted by atomic mass is 10.1. The van der Waals surface area contributed by atoms with Crippen LogP contribution < -0.4 is 0 Å². The van der Waals surface area contributed by atoms with Gasteiger partial charge in [0.1, 0.15) is 5.82 Å². The van der Waals surface area contributed by atoms with Gasteiger partial charge in [0.25, 0.3) is 5.69 Å². The second-order valence-electron chi connectivity index (χ2n) is 2.48. The Balaban J connectivity index is 3.14. The molecule has 0 N–H and O–H groups in total. The van der Waals surface area contributed by atoms with Crippen molar-refractivity contribution >= 4 is 27.4 Å². The topological polar surface area (TPSA) is 60.2 Å². The Morgan fingerprint density at radius 2 is 2.21 bits per heavy atom. The molecule has 0 spiro atoms. The van der Waals surface area contributed by atoms with Crippen LogP contribution in [0.2, 0.25) is 0 Å². The lowest BCUT2D eigenvalue weighted by Gasteiger charge is -1.98. The summed E-state index contributed by atoms with van der Waals surface area (Å²) in [6.07, 6.45) is 0. The molecule has 4 nitrogen and oxygen atoms in total. The highest BCUT2D eigenvalue weighted by Gasteiger charge is 2.14. The Bertz CT molecular complexity index is 394. The van der Waals surface area contributed by atoms with Gasteiger partial charge < -0.3 is 0 Å². The van der Waals surface area contributed by atoms with Crippen molar-refractivity contribution in [2.24, 2.45) is 0 Å². The van der Waals surface area contributed by atoms with Gasteiger partial charge in [0.05, 0.1) is 21.9 Å². The van der Waals surface area contributed by atoms with Gasteiger partial charge in [-0.25, -0.2) is 4.39 Å². The molecule has 1 rings (SSSR count). The van der Waals surface area contributed by atoms with E-state index in [4.69, 9.17) is 0 Å². The van der Waals surface area contributed by atoms with Crippen LogP contribution in [0.15, 0.2) is 18.2 Å². The number of nitro groups is 1. The number of halogens is 2. The summed E-state index contributed by atoms with van der Waals surface area (Å²) in [6.45, 7) is 0. The predicted octanol–water partition coefficient (Wildman–Crippen LogP) is 2.31. The summed E-state index contributed by atoms with van der Waals surface area (Å²) in [5.74, 6) is -1.32. The number of hydrogen-bond acceptors (Lipinski definition) is 3. The number of ketones is 1. The van der Waals surface area contributed by atoms with E-state index >= 15 is 0 Å². The van der Waals surface area contributed by atoms with Crippen LogP contribution in [0.4, 0.5) is 10.1 Å². The van der Waals surface area contributed by atoms with Crippen molar-refractivity contribution in [1.82, 2.24) is 0 Å². The van der Waals surface area contributed by atoms with Crippen LogP contribution in [-0.2, 0) is 0 Å². The molecule has 74 valence electrons. The van der Waals surface area contributed by atoms with E-state index in [-0.39, 0.29) is 16.6 Å². The molecule has 0 fully saturated rings. The third-order valence-corrected chi connectivity index (χ3v) is 2.09. The van der Waals surface area contributed by atoms with Crippen molar-refractivity contribution in [3.05, 3.63) is 39.7 Å². The molecule has 0 bridgehead atoms. The summed E-state index contributed by atoms with van der Waals surface area (Å²) >= 11 is 2.88. The first-order valence-corrected chi connectivity index (χ1v) is 4.71. The minimum atomic E-state index is -0.872. The quantitative estimate of drug-likeness (QED) is 0.363. The molecule has 0 heterocycles. The molecular formula is C8H5BrFNO3. The zero-order chi connectivity index (χ0) is 10.7. The maximum atomic E-state index is 13.1. The normalized spacial score (nSPS) is 9.86. The summed E-state index contributed by atoms with van der Waals surface area (Å²) < 4.78 is 13.1. The van der Waals surface area contributed by atoms with E-state index in [1.54, 1.807) is 0 Å². The number of benzene rings is 1. The lowest BCUT2D eigenvalue weighted by molar-refractivity contribution is -0.385. The molecule has 0 aliphatic heterocycles. The molecule has 0 aromatic heterocycles. The monoisotopic (exact) mass is 261 g/mol. The van der Waals surface area contributed by atoms with Crippen LogP contribution in [0.5, 0.6) is 0 Å². The lowest BCUT2D eigenvalue weighted by Crippen LogP contribution is -2.03. The average Bonchev–Trinajstić information content (AvgIpc) is 2.16. The van der Waals surface area contributed by atoms with Gasteiger partial charge in [-0.3, -0.25) is 14.9 Å². The van der Waals surface area contributed by atoms with E-state index in [2.05, 4.69) is 15.9 Å². The van der Waals surface area contributed by atoms with Crippen molar-refractivity contribution in [3.8, 4) is 0 Å². The fraction of sp³-hybridized carbons (Fsp3) is 0.125. The highest BCUT2D eigenvalue weighted by Crippen LogP contribution is 2.17. The number of nitro benzene ring substituents is 1. The molecule has 6 heteroatoms. The van der Waals surface area contributed by atoms with Crippen molar-refractivity contribution in [2.75, 3.05) is 5.33 Å². The molecule has 14 heavy (non-hydrogen) atoms. The van der Waals surface area contributed by atoms with E-state index in [9.17, 15) is 19.3 Å². The number of hydrogen-bond donors (Lipinski definition) is 0. The van der Waals surface area contributed by atoms with Crippen LogP contribution >= 0.6 is 15.9 Å². The summed E-state index contributed by atoms with van der Waals surface area (Å²) in [5.41, 5.74) is -0.513. The summed E-state index contributed by atoms with van der Waals surface area (Å²) in [7, 11) is 0. The summed E-state index contributed by atoms with van der Waals surface area (Å²) in [4.78, 5) is 20.6. The van der Waals surface area contributed by atoms with Gasteiger partial charge in [-0.05, 0) is 6.07 Å². The van der Waals surface area contributed by atoms with Crippen LogP contribution in [0.25, 0.3) is 0 Å². The second-order valence-corrected chi connectivity index (χ2v) is 3.04. The van der Waals surface area contributed by atoms with E-state index in [0.29, 0.717) is 0 Å². The van der Waals surface area contributed by atoms with Crippen LogP contribution in [0, 0.1) is 15.9 Å². The van der Waals surface area contributed by atoms with Crippen LogP contribution in [-0.4, -0.2) is 16.0 Å². The Morgan fingerprint density at radius 3 is 2.64 bits per heavy atom. The summed E-state index contributed by atoms with van der Waals surface area (Å²) in [6, 6.07) is 2.94. The van der Waals surface area contributed by atoms with E-state index in [0.717, 1.165) is 18.2 Å².